The molecule has 0 heterocycles. The molecule has 3 aromatic carbocycles. The van der Waals surface area contributed by atoms with E-state index in [4.69, 9.17) is 16.2 Å². The van der Waals surface area contributed by atoms with Crippen molar-refractivity contribution in [3.63, 3.8) is 0 Å². The molecule has 0 aromatic heterocycles. The molecule has 0 bridgehead atoms. The molecule has 0 atom stereocenters. The lowest BCUT2D eigenvalue weighted by molar-refractivity contribution is -0.118. The van der Waals surface area contributed by atoms with Crippen molar-refractivity contribution in [2.75, 3.05) is 39.5 Å². The van der Waals surface area contributed by atoms with Gasteiger partial charge in [-0.05, 0) is 43.4 Å². The summed E-state index contributed by atoms with van der Waals surface area (Å²) < 4.78 is 6.08. The number of nitrogens with zero attached hydrogens (tertiary/aromatic N) is 2. The van der Waals surface area contributed by atoms with E-state index in [0.717, 1.165) is 6.16 Å². The molecular weight excluding hydrogens is 431 g/mol. The summed E-state index contributed by atoms with van der Waals surface area (Å²) in [4.78, 5) is 17.1. The number of carbonyl (C=O) groups excluding carboxylic acids is 1. The van der Waals surface area contributed by atoms with Crippen LogP contribution in [-0.2, 0) is 9.53 Å². The highest BCUT2D eigenvalue weighted by molar-refractivity contribution is 7.95. The second-order valence-corrected chi connectivity index (χ2v) is 11.4. The predicted molar refractivity (Wildman–Crippen MR) is 139 cm³/mol. The average Bonchev–Trinajstić information content (AvgIpc) is 2.82. The Morgan fingerprint density at radius 3 is 1.70 bits per heavy atom. The van der Waals surface area contributed by atoms with Crippen molar-refractivity contribution in [3.8, 4) is 0 Å². The number of likely N-dealkylation sites (N-methyl/N-ethyl adjacent to an activating group) is 1. The topological polar surface area (TPSA) is 93.9 Å². The molecule has 0 saturated heterocycles. The van der Waals surface area contributed by atoms with Gasteiger partial charge in [-0.1, -0.05) is 54.6 Å². The van der Waals surface area contributed by atoms with Crippen molar-refractivity contribution < 1.29 is 9.53 Å². The fourth-order valence-electron chi connectivity index (χ4n) is 3.90. The van der Waals surface area contributed by atoms with Gasteiger partial charge in [0.1, 0.15) is 23.2 Å². The minimum Gasteiger partial charge on any atom is -0.376 e. The molecule has 4 N–H and O–H groups in total. The van der Waals surface area contributed by atoms with Gasteiger partial charge >= 0.3 is 0 Å². The number of guanidine groups is 1. The van der Waals surface area contributed by atoms with Gasteiger partial charge in [-0.2, -0.15) is 4.99 Å². The van der Waals surface area contributed by atoms with Crippen molar-refractivity contribution in [2.24, 2.45) is 16.5 Å². The zero-order chi connectivity index (χ0) is 23.5. The number of ether oxygens (including phenoxy) is 1. The lowest BCUT2D eigenvalue weighted by Crippen LogP contribution is -2.35. The van der Waals surface area contributed by atoms with Crippen molar-refractivity contribution in [1.29, 1.82) is 0 Å². The predicted octanol–water partition coefficient (Wildman–Crippen LogP) is 1.73. The Morgan fingerprint density at radius 2 is 1.27 bits per heavy atom. The van der Waals surface area contributed by atoms with E-state index in [1.54, 1.807) is 0 Å². The van der Waals surface area contributed by atoms with Gasteiger partial charge in [-0.15, -0.1) is 0 Å². The third-order valence-corrected chi connectivity index (χ3v) is 9.83. The first-order chi connectivity index (χ1) is 16.0. The van der Waals surface area contributed by atoms with E-state index in [9.17, 15) is 4.79 Å². The maximum atomic E-state index is 11.7. The van der Waals surface area contributed by atoms with Gasteiger partial charge < -0.3 is 16.2 Å². The summed E-state index contributed by atoms with van der Waals surface area (Å²) in [5.74, 6) is -0.577. The number of nitrogens with two attached hydrogens (primary N) is 2. The zero-order valence-corrected chi connectivity index (χ0v) is 19.9. The lowest BCUT2D eigenvalue weighted by atomic mass is 10.4. The highest BCUT2D eigenvalue weighted by Crippen LogP contribution is 2.54. The van der Waals surface area contributed by atoms with Crippen LogP contribution in [0.2, 0.25) is 0 Å². The fraction of sp³-hybridized carbons (Fsp3) is 0.231. The van der Waals surface area contributed by atoms with Crippen molar-refractivity contribution in [1.82, 2.24) is 4.90 Å². The molecule has 1 amide bonds. The summed E-state index contributed by atoms with van der Waals surface area (Å²) in [7, 11) is -0.0480. The second-order valence-electron chi connectivity index (χ2n) is 7.82. The third-order valence-electron chi connectivity index (χ3n) is 5.44. The molecule has 6 nitrogen and oxygen atoms in total. The highest BCUT2D eigenvalue weighted by atomic mass is 31.2. The maximum Gasteiger partial charge on any atom is 0.263 e. The Balaban J connectivity index is 1.75. The molecular formula is C26H32N4O2P+. The molecule has 0 aliphatic rings. The quantitative estimate of drug-likeness (QED) is 0.196. The van der Waals surface area contributed by atoms with Crippen LogP contribution in [0.1, 0.15) is 0 Å². The summed E-state index contributed by atoms with van der Waals surface area (Å²) in [6, 6.07) is 32.2. The van der Waals surface area contributed by atoms with E-state index in [-0.39, 0.29) is 18.4 Å². The number of rotatable bonds is 11. The molecule has 7 heteroatoms. The molecule has 0 spiro atoms. The van der Waals surface area contributed by atoms with Crippen LogP contribution in [-0.4, -0.2) is 56.3 Å². The number of carbonyl (C=O) groups is 1. The van der Waals surface area contributed by atoms with Crippen LogP contribution >= 0.6 is 7.26 Å². The van der Waals surface area contributed by atoms with Gasteiger partial charge in [-0.25, -0.2) is 0 Å². The van der Waals surface area contributed by atoms with Crippen LogP contribution in [0.25, 0.3) is 0 Å². The van der Waals surface area contributed by atoms with Gasteiger partial charge in [0.05, 0.1) is 25.9 Å². The normalized spacial score (nSPS) is 11.3. The average molecular weight is 464 g/mol. The van der Waals surface area contributed by atoms with Crippen LogP contribution in [0.5, 0.6) is 0 Å². The summed E-state index contributed by atoms with van der Waals surface area (Å²) in [5.41, 5.74) is 10.5. The van der Waals surface area contributed by atoms with Gasteiger partial charge in [0.15, 0.2) is 5.96 Å². The highest BCUT2D eigenvalue weighted by Gasteiger charge is 2.44. The maximum absolute atomic E-state index is 11.7. The molecule has 0 fully saturated rings. The van der Waals surface area contributed by atoms with Gasteiger partial charge in [0.2, 0.25) is 0 Å². The van der Waals surface area contributed by atoms with Crippen LogP contribution < -0.4 is 27.4 Å². The largest absolute Gasteiger partial charge is 0.376 e. The first-order valence-corrected chi connectivity index (χ1v) is 12.9. The molecule has 0 aliphatic heterocycles. The minimum absolute atomic E-state index is 0.149. The first-order valence-electron chi connectivity index (χ1n) is 11.0. The van der Waals surface area contributed by atoms with Gasteiger partial charge in [-0.3, -0.25) is 9.69 Å². The monoisotopic (exact) mass is 463 g/mol. The van der Waals surface area contributed by atoms with E-state index in [0.29, 0.717) is 19.8 Å². The molecule has 3 aromatic rings. The number of hydrogen-bond acceptors (Lipinski definition) is 3. The Labute approximate surface area is 196 Å². The standard InChI is InChI=1S/C26H31N4O2P/c1-30(21-25(31)29-26(27)28)17-18-32-19-20-33(22-11-5-2-6-12-22,23-13-7-3-8-14-23)24-15-9-4-10-16-24/h2-16H,17-21H2,1H3,(H3-,27,28,29,31)/p+1. The van der Waals surface area contributed by atoms with Crippen molar-refractivity contribution >= 4 is 35.0 Å². The number of benzene rings is 3. The Hall–Kier alpha value is -3.05. The summed E-state index contributed by atoms with van der Waals surface area (Å²) >= 11 is 0. The minimum atomic E-state index is -1.89. The lowest BCUT2D eigenvalue weighted by Gasteiger charge is -2.27. The van der Waals surface area contributed by atoms with E-state index in [1.165, 1.54) is 15.9 Å². The smallest absolute Gasteiger partial charge is 0.263 e. The van der Waals surface area contributed by atoms with Gasteiger partial charge in [0.25, 0.3) is 5.91 Å². The number of hydrogen-bond donors (Lipinski definition) is 2. The Morgan fingerprint density at radius 1 is 0.818 bits per heavy atom. The third kappa shape index (κ3) is 6.72. The number of aliphatic imine (C=N–C) groups is 1. The van der Waals surface area contributed by atoms with E-state index >= 15 is 0 Å². The summed E-state index contributed by atoms with van der Waals surface area (Å²) in [5, 5.41) is 4.02. The molecule has 0 unspecified atom stereocenters. The van der Waals surface area contributed by atoms with Crippen LogP contribution in [0.15, 0.2) is 96.0 Å². The van der Waals surface area contributed by atoms with E-state index in [2.05, 4.69) is 96.0 Å². The number of amides is 1. The Kier molecular flexibility index (Phi) is 9.14. The Bertz CT molecular complexity index is 929. The van der Waals surface area contributed by atoms with E-state index < -0.39 is 7.26 Å². The molecule has 0 saturated carbocycles. The van der Waals surface area contributed by atoms with Crippen LogP contribution in [0.3, 0.4) is 0 Å². The van der Waals surface area contributed by atoms with Crippen LogP contribution in [0, 0.1) is 0 Å². The van der Waals surface area contributed by atoms with Crippen molar-refractivity contribution in [2.45, 2.75) is 0 Å². The van der Waals surface area contributed by atoms with Crippen LogP contribution in [0.4, 0.5) is 0 Å². The zero-order valence-electron chi connectivity index (χ0n) is 19.0. The molecule has 33 heavy (non-hydrogen) atoms. The van der Waals surface area contributed by atoms with Crippen molar-refractivity contribution in [3.05, 3.63) is 91.0 Å². The molecule has 0 aliphatic carbocycles. The summed E-state index contributed by atoms with van der Waals surface area (Å²) in [6.45, 7) is 1.89. The second kappa shape index (κ2) is 12.3. The SMILES string of the molecule is CN(CCOCC[P+](c1ccccc1)(c1ccccc1)c1ccccc1)CC(=O)N=C(N)N. The summed E-state index contributed by atoms with van der Waals surface area (Å²) in [6.07, 6.45) is 0.891. The fourth-order valence-corrected chi connectivity index (χ4v) is 8.01. The molecule has 0 radical (unpaired) electrons. The first kappa shape index (κ1) is 24.6. The molecule has 3 rings (SSSR count). The molecule has 172 valence electrons. The van der Waals surface area contributed by atoms with E-state index in [1.807, 2.05) is 11.9 Å². The van der Waals surface area contributed by atoms with Gasteiger partial charge in [0, 0.05) is 6.54 Å².